The fourth-order valence-corrected chi connectivity index (χ4v) is 3.48. The van der Waals surface area contributed by atoms with Crippen molar-refractivity contribution in [3.05, 3.63) is 34.4 Å². The van der Waals surface area contributed by atoms with E-state index in [1.54, 1.807) is 0 Å². The Morgan fingerprint density at radius 1 is 1.00 bits per heavy atom. The first-order valence-electron chi connectivity index (χ1n) is 9.78. The van der Waals surface area contributed by atoms with Gasteiger partial charge in [0.25, 0.3) is 5.69 Å². The van der Waals surface area contributed by atoms with Gasteiger partial charge < -0.3 is 29.0 Å². The number of non-ortho nitro benzene ring substituents is 1. The Balaban J connectivity index is 2.54. The summed E-state index contributed by atoms with van der Waals surface area (Å²) in [5.41, 5.74) is -0.114. The average Bonchev–Trinajstić information content (AvgIpc) is 2.70. The normalized spacial score (nSPS) is 24.3. The number of amides is 1. The van der Waals surface area contributed by atoms with Crippen LogP contribution in [-0.4, -0.2) is 71.1 Å². The van der Waals surface area contributed by atoms with E-state index in [9.17, 15) is 34.4 Å². The lowest BCUT2D eigenvalue weighted by Gasteiger charge is -2.47. The van der Waals surface area contributed by atoms with Gasteiger partial charge in [0.15, 0.2) is 18.5 Å². The summed E-state index contributed by atoms with van der Waals surface area (Å²) in [5, 5.41) is 21.7. The summed E-state index contributed by atoms with van der Waals surface area (Å²) in [5.74, 6) is -2.89. The van der Waals surface area contributed by atoms with Crippen LogP contribution >= 0.6 is 0 Å². The van der Waals surface area contributed by atoms with Gasteiger partial charge in [-0.1, -0.05) is 0 Å². The lowest BCUT2D eigenvalue weighted by Crippen LogP contribution is -2.67. The molecule has 180 valence electrons. The zero-order valence-electron chi connectivity index (χ0n) is 18.3. The predicted octanol–water partition coefficient (Wildman–Crippen LogP) is 0.460. The molecule has 0 radical (unpaired) electrons. The van der Waals surface area contributed by atoms with Crippen molar-refractivity contribution in [1.82, 2.24) is 0 Å². The van der Waals surface area contributed by atoms with Crippen molar-refractivity contribution in [1.29, 1.82) is 0 Å². The van der Waals surface area contributed by atoms with Crippen LogP contribution in [0.3, 0.4) is 0 Å². The maximum absolute atomic E-state index is 12.6. The molecule has 0 aliphatic carbocycles. The number of nitro groups is 1. The zero-order chi connectivity index (χ0) is 24.9. The molecule has 2 rings (SSSR count). The smallest absolute Gasteiger partial charge is 0.303 e. The summed E-state index contributed by atoms with van der Waals surface area (Å²) >= 11 is 0. The number of carbonyl (C=O) groups is 4. The highest BCUT2D eigenvalue weighted by molar-refractivity contribution is 5.92. The Labute approximate surface area is 188 Å². The molecule has 1 aliphatic rings. The first kappa shape index (κ1) is 25.7. The molecule has 0 unspecified atom stereocenters. The van der Waals surface area contributed by atoms with E-state index in [0.29, 0.717) is 0 Å². The van der Waals surface area contributed by atoms with Gasteiger partial charge in [-0.2, -0.15) is 0 Å². The van der Waals surface area contributed by atoms with E-state index in [2.05, 4.69) is 0 Å². The number of esters is 3. The fraction of sp³-hybridized carbons (Fsp3) is 0.500. The van der Waals surface area contributed by atoms with E-state index in [1.165, 1.54) is 12.1 Å². The van der Waals surface area contributed by atoms with Crippen LogP contribution in [0.5, 0.6) is 0 Å². The van der Waals surface area contributed by atoms with Crippen molar-refractivity contribution in [2.24, 2.45) is 0 Å². The second-order valence-electron chi connectivity index (χ2n) is 7.17. The third-order valence-corrected chi connectivity index (χ3v) is 4.66. The summed E-state index contributed by atoms with van der Waals surface area (Å²) < 4.78 is 21.0. The van der Waals surface area contributed by atoms with Crippen LogP contribution in [0.25, 0.3) is 0 Å². The lowest BCUT2D eigenvalue weighted by molar-refractivity contribution is -0.384. The van der Waals surface area contributed by atoms with Gasteiger partial charge in [0.1, 0.15) is 18.8 Å². The molecule has 13 nitrogen and oxygen atoms in total. The van der Waals surface area contributed by atoms with Gasteiger partial charge in [-0.25, -0.2) is 0 Å². The highest BCUT2D eigenvalue weighted by Crippen LogP contribution is 2.33. The Morgan fingerprint density at radius 2 is 1.55 bits per heavy atom. The number of carbonyl (C=O) groups excluding carboxylic acids is 4. The number of nitrogens with zero attached hydrogens (tertiary/aromatic N) is 2. The van der Waals surface area contributed by atoms with Crippen LogP contribution in [-0.2, 0) is 38.1 Å². The van der Waals surface area contributed by atoms with E-state index in [0.717, 1.165) is 44.7 Å². The summed E-state index contributed by atoms with van der Waals surface area (Å²) in [7, 11) is 0. The molecule has 0 aromatic heterocycles. The molecule has 1 amide bonds. The van der Waals surface area contributed by atoms with E-state index < -0.39 is 66.0 Å². The minimum absolute atomic E-state index is 0.123. The number of hydrogen-bond acceptors (Lipinski definition) is 11. The first-order chi connectivity index (χ1) is 15.4. The van der Waals surface area contributed by atoms with Gasteiger partial charge in [0.2, 0.25) is 5.91 Å². The van der Waals surface area contributed by atoms with Crippen molar-refractivity contribution in [3.63, 3.8) is 0 Å². The molecule has 1 aromatic carbocycles. The van der Waals surface area contributed by atoms with Crippen molar-refractivity contribution >= 4 is 35.2 Å². The third kappa shape index (κ3) is 6.46. The number of nitro benzene ring substituents is 1. The fourth-order valence-electron chi connectivity index (χ4n) is 3.48. The molecular weight excluding hydrogens is 444 g/mol. The summed E-state index contributed by atoms with van der Waals surface area (Å²) in [6.45, 7) is 4.03. The van der Waals surface area contributed by atoms with Crippen molar-refractivity contribution in [2.75, 3.05) is 11.5 Å². The number of hydrogen-bond donors (Lipinski definition) is 1. The van der Waals surface area contributed by atoms with Gasteiger partial charge in [0.05, 0.1) is 4.92 Å². The number of benzene rings is 1. The summed E-state index contributed by atoms with van der Waals surface area (Å²) in [6, 6.07) is 3.42. The molecule has 0 saturated carbocycles. The Bertz CT molecular complexity index is 917. The maximum Gasteiger partial charge on any atom is 0.303 e. The van der Waals surface area contributed by atoms with Crippen LogP contribution in [0, 0.1) is 10.1 Å². The van der Waals surface area contributed by atoms with E-state index >= 15 is 0 Å². The molecule has 1 aliphatic heterocycles. The zero-order valence-corrected chi connectivity index (χ0v) is 18.3. The molecule has 1 heterocycles. The number of aliphatic hydroxyl groups excluding tert-OH is 1. The van der Waals surface area contributed by atoms with Gasteiger partial charge in [-0.3, -0.25) is 29.3 Å². The van der Waals surface area contributed by atoms with Crippen molar-refractivity contribution in [2.45, 2.75) is 58.3 Å². The summed E-state index contributed by atoms with van der Waals surface area (Å²) in [4.78, 5) is 58.8. The third-order valence-electron chi connectivity index (χ3n) is 4.66. The van der Waals surface area contributed by atoms with E-state index in [4.69, 9.17) is 18.9 Å². The number of rotatable bonds is 7. The van der Waals surface area contributed by atoms with E-state index in [-0.39, 0.29) is 11.4 Å². The molecule has 0 spiro atoms. The SMILES string of the molecule is CC(=O)OC[C@H]1O[C@@H](O)[C@H](N(C(C)=O)c2ccc([N+](=O)[O-])cc2)[C@@H](OC(C)=O)[C@@H]1OC(C)=O. The number of ether oxygens (including phenoxy) is 4. The molecule has 1 saturated heterocycles. The monoisotopic (exact) mass is 468 g/mol. The predicted molar refractivity (Wildman–Crippen MR) is 109 cm³/mol. The van der Waals surface area contributed by atoms with Gasteiger partial charge in [0, 0.05) is 45.5 Å². The van der Waals surface area contributed by atoms with Crippen LogP contribution in [0.15, 0.2) is 24.3 Å². The molecule has 0 bridgehead atoms. The molecule has 5 atom stereocenters. The topological polar surface area (TPSA) is 172 Å². The van der Waals surface area contributed by atoms with Crippen LogP contribution in [0.4, 0.5) is 11.4 Å². The standard InChI is InChI=1S/C20H24N2O11/c1-10(23)21(14-5-7-15(8-6-14)22(28)29)17-19(32-13(4)26)18(31-12(3)25)16(33-20(17)27)9-30-11(2)24/h5-8,16-20,27H,9H2,1-4H3/t16-,17-,18-,19-,20-/m1/s1. The van der Waals surface area contributed by atoms with Crippen LogP contribution < -0.4 is 4.90 Å². The Hall–Kier alpha value is -3.58. The van der Waals surface area contributed by atoms with Crippen molar-refractivity contribution < 1.29 is 48.2 Å². The highest BCUT2D eigenvalue weighted by Gasteiger charge is 2.53. The summed E-state index contributed by atoms with van der Waals surface area (Å²) in [6.07, 6.45) is -5.80. The van der Waals surface area contributed by atoms with Crippen LogP contribution in [0.1, 0.15) is 27.7 Å². The van der Waals surface area contributed by atoms with Gasteiger partial charge >= 0.3 is 17.9 Å². The van der Waals surface area contributed by atoms with Gasteiger partial charge in [-0.15, -0.1) is 0 Å². The Kier molecular flexibility index (Phi) is 8.43. The maximum atomic E-state index is 12.6. The minimum atomic E-state index is -1.78. The quantitative estimate of drug-likeness (QED) is 0.255. The van der Waals surface area contributed by atoms with Gasteiger partial charge in [-0.05, 0) is 12.1 Å². The number of aliphatic hydroxyl groups is 1. The average molecular weight is 468 g/mol. The molecule has 33 heavy (non-hydrogen) atoms. The number of anilines is 1. The molecular formula is C20H24N2O11. The molecule has 1 aromatic rings. The highest BCUT2D eigenvalue weighted by atomic mass is 16.7. The second kappa shape index (κ2) is 10.8. The molecule has 1 N–H and O–H groups in total. The minimum Gasteiger partial charge on any atom is -0.463 e. The van der Waals surface area contributed by atoms with Crippen LogP contribution in [0.2, 0.25) is 0 Å². The molecule has 13 heteroatoms. The lowest BCUT2D eigenvalue weighted by atomic mass is 9.94. The van der Waals surface area contributed by atoms with Crippen molar-refractivity contribution in [3.8, 4) is 0 Å². The molecule has 1 fully saturated rings. The largest absolute Gasteiger partial charge is 0.463 e. The Morgan fingerprint density at radius 3 is 2.00 bits per heavy atom. The first-order valence-corrected chi connectivity index (χ1v) is 9.78. The van der Waals surface area contributed by atoms with E-state index in [1.807, 2.05) is 0 Å². The second-order valence-corrected chi connectivity index (χ2v) is 7.17.